The van der Waals surface area contributed by atoms with E-state index < -0.39 is 12.0 Å². The van der Waals surface area contributed by atoms with Gasteiger partial charge in [0.1, 0.15) is 5.75 Å². The Balaban J connectivity index is 2.97. The second kappa shape index (κ2) is 5.00. The normalized spacial score (nSPS) is 12.0. The number of esters is 1. The maximum absolute atomic E-state index is 11.2. The van der Waals surface area contributed by atoms with Crippen molar-refractivity contribution in [3.8, 4) is 5.75 Å². The van der Waals surface area contributed by atoms with Crippen LogP contribution in [0.25, 0.3) is 0 Å². The largest absolute Gasteiger partial charge is 0.495 e. The zero-order valence-corrected chi connectivity index (χ0v) is 9.38. The molecule has 0 unspecified atom stereocenters. The lowest BCUT2D eigenvalue weighted by atomic mass is 10.1. The van der Waals surface area contributed by atoms with Crippen LogP contribution < -0.4 is 10.5 Å². The van der Waals surface area contributed by atoms with Crippen LogP contribution in [-0.2, 0) is 9.53 Å². The Hall–Kier alpha value is -1.26. The predicted octanol–water partition coefficient (Wildman–Crippen LogP) is 0.805. The molecular formula is C10H13ClNO3+. The van der Waals surface area contributed by atoms with Crippen molar-refractivity contribution < 1.29 is 20.0 Å². The standard InChI is InChI=1S/C10H12ClNO3/c1-14-8-4-3-6(5-7(8)11)9(12)10(13)15-2/h3-5,9H,12H2,1-2H3/p+1/t9-/m0/s1. The van der Waals surface area contributed by atoms with Crippen molar-refractivity contribution in [1.29, 1.82) is 0 Å². The highest BCUT2D eigenvalue weighted by molar-refractivity contribution is 6.32. The van der Waals surface area contributed by atoms with Crippen molar-refractivity contribution in [2.45, 2.75) is 6.04 Å². The zero-order chi connectivity index (χ0) is 11.4. The van der Waals surface area contributed by atoms with E-state index in [1.54, 1.807) is 18.2 Å². The smallest absolute Gasteiger partial charge is 0.369 e. The summed E-state index contributed by atoms with van der Waals surface area (Å²) in [5.41, 5.74) is 4.40. The van der Waals surface area contributed by atoms with Crippen LogP contribution in [-0.4, -0.2) is 20.2 Å². The summed E-state index contributed by atoms with van der Waals surface area (Å²) < 4.78 is 9.59. The highest BCUT2D eigenvalue weighted by Gasteiger charge is 2.21. The minimum atomic E-state index is -0.571. The van der Waals surface area contributed by atoms with Crippen molar-refractivity contribution >= 4 is 17.6 Å². The van der Waals surface area contributed by atoms with Gasteiger partial charge in [0.25, 0.3) is 0 Å². The molecule has 0 saturated heterocycles. The van der Waals surface area contributed by atoms with Crippen LogP contribution in [0.15, 0.2) is 18.2 Å². The van der Waals surface area contributed by atoms with E-state index in [2.05, 4.69) is 10.5 Å². The first-order valence-electron chi connectivity index (χ1n) is 4.34. The molecule has 0 fully saturated rings. The first kappa shape index (κ1) is 11.8. The van der Waals surface area contributed by atoms with Crippen molar-refractivity contribution in [1.82, 2.24) is 0 Å². The molecular weight excluding hydrogens is 218 g/mol. The van der Waals surface area contributed by atoms with Gasteiger partial charge < -0.3 is 15.2 Å². The summed E-state index contributed by atoms with van der Waals surface area (Å²) >= 11 is 5.92. The SMILES string of the molecule is COC(=O)[C@@H]([NH3+])c1ccc(OC)c(Cl)c1. The number of quaternary nitrogens is 1. The Bertz CT molecular complexity index is 368. The summed E-state index contributed by atoms with van der Waals surface area (Å²) in [6.45, 7) is 0. The Morgan fingerprint density at radius 3 is 2.60 bits per heavy atom. The highest BCUT2D eigenvalue weighted by atomic mass is 35.5. The number of ether oxygens (including phenoxy) is 2. The molecule has 0 amide bonds. The predicted molar refractivity (Wildman–Crippen MR) is 55.6 cm³/mol. The van der Waals surface area contributed by atoms with Gasteiger partial charge in [-0.25, -0.2) is 4.79 Å². The molecule has 0 aliphatic heterocycles. The first-order valence-corrected chi connectivity index (χ1v) is 4.72. The van der Waals surface area contributed by atoms with Crippen LogP contribution in [0.4, 0.5) is 0 Å². The Labute approximate surface area is 92.9 Å². The molecule has 1 rings (SSSR count). The third-order valence-corrected chi connectivity index (χ3v) is 2.36. The lowest BCUT2D eigenvalue weighted by Gasteiger charge is -2.08. The van der Waals surface area contributed by atoms with Crippen molar-refractivity contribution in [3.05, 3.63) is 28.8 Å². The third-order valence-electron chi connectivity index (χ3n) is 2.06. The molecule has 3 N–H and O–H groups in total. The van der Waals surface area contributed by atoms with Crippen LogP contribution in [0.2, 0.25) is 5.02 Å². The molecule has 0 radical (unpaired) electrons. The highest BCUT2D eigenvalue weighted by Crippen LogP contribution is 2.26. The van der Waals surface area contributed by atoms with E-state index in [1.807, 2.05) is 0 Å². The molecule has 0 heterocycles. The van der Waals surface area contributed by atoms with Crippen LogP contribution in [0.5, 0.6) is 5.75 Å². The van der Waals surface area contributed by atoms with Crippen molar-refractivity contribution in [2.75, 3.05) is 14.2 Å². The molecule has 4 nitrogen and oxygen atoms in total. The average molecular weight is 231 g/mol. The summed E-state index contributed by atoms with van der Waals surface area (Å²) in [7, 11) is 2.86. The van der Waals surface area contributed by atoms with E-state index >= 15 is 0 Å². The topological polar surface area (TPSA) is 63.2 Å². The van der Waals surface area contributed by atoms with Gasteiger partial charge in [0.05, 0.1) is 19.2 Å². The fraction of sp³-hybridized carbons (Fsp3) is 0.300. The van der Waals surface area contributed by atoms with E-state index in [9.17, 15) is 4.79 Å². The maximum atomic E-state index is 11.2. The molecule has 1 aromatic carbocycles. The van der Waals surface area contributed by atoms with Gasteiger partial charge in [0, 0.05) is 5.56 Å². The summed E-state index contributed by atoms with van der Waals surface area (Å²) in [4.78, 5) is 11.2. The fourth-order valence-electron chi connectivity index (χ4n) is 1.18. The van der Waals surface area contributed by atoms with Gasteiger partial charge in [-0.15, -0.1) is 0 Å². The molecule has 5 heteroatoms. The molecule has 0 aliphatic carbocycles. The molecule has 0 spiro atoms. The van der Waals surface area contributed by atoms with Gasteiger partial charge in [-0.2, -0.15) is 0 Å². The second-order valence-electron chi connectivity index (χ2n) is 2.97. The molecule has 15 heavy (non-hydrogen) atoms. The van der Waals surface area contributed by atoms with E-state index in [-0.39, 0.29) is 0 Å². The van der Waals surface area contributed by atoms with Gasteiger partial charge in [-0.3, -0.25) is 0 Å². The van der Waals surface area contributed by atoms with Crippen LogP contribution >= 0.6 is 11.6 Å². The number of hydrogen-bond acceptors (Lipinski definition) is 3. The summed E-state index contributed by atoms with van der Waals surface area (Å²) in [5.74, 6) is 0.175. The Morgan fingerprint density at radius 1 is 1.47 bits per heavy atom. The van der Waals surface area contributed by atoms with Crippen LogP contribution in [0.1, 0.15) is 11.6 Å². The number of methoxy groups -OCH3 is 2. The molecule has 0 aliphatic rings. The Kier molecular flexibility index (Phi) is 3.94. The van der Waals surface area contributed by atoms with Crippen LogP contribution in [0.3, 0.4) is 0 Å². The lowest BCUT2D eigenvalue weighted by molar-refractivity contribution is -0.414. The molecule has 0 aromatic heterocycles. The number of hydrogen-bond donors (Lipinski definition) is 1. The number of carbonyl (C=O) groups is 1. The van der Waals surface area contributed by atoms with E-state index in [4.69, 9.17) is 16.3 Å². The molecule has 1 atom stereocenters. The van der Waals surface area contributed by atoms with Gasteiger partial charge in [-0.1, -0.05) is 11.6 Å². The second-order valence-corrected chi connectivity index (χ2v) is 3.38. The average Bonchev–Trinajstić information content (AvgIpc) is 2.26. The van der Waals surface area contributed by atoms with Gasteiger partial charge in [-0.05, 0) is 18.2 Å². The molecule has 0 bridgehead atoms. The lowest BCUT2D eigenvalue weighted by Crippen LogP contribution is -2.57. The number of rotatable bonds is 3. The minimum Gasteiger partial charge on any atom is -0.495 e. The number of benzene rings is 1. The van der Waals surface area contributed by atoms with Gasteiger partial charge >= 0.3 is 5.97 Å². The third kappa shape index (κ3) is 2.61. The van der Waals surface area contributed by atoms with Crippen LogP contribution in [0, 0.1) is 0 Å². The van der Waals surface area contributed by atoms with Crippen molar-refractivity contribution in [2.24, 2.45) is 0 Å². The summed E-state index contributed by atoms with van der Waals surface area (Å²) in [5, 5.41) is 0.451. The van der Waals surface area contributed by atoms with Gasteiger partial charge in [0.2, 0.25) is 6.04 Å². The fourth-order valence-corrected chi connectivity index (χ4v) is 1.44. The van der Waals surface area contributed by atoms with E-state index in [1.165, 1.54) is 14.2 Å². The molecule has 1 aromatic rings. The summed E-state index contributed by atoms with van der Waals surface area (Å²) in [6.07, 6.45) is 0. The minimum absolute atomic E-state index is 0.392. The monoisotopic (exact) mass is 230 g/mol. The molecule has 0 saturated carbocycles. The first-order chi connectivity index (χ1) is 7.10. The molecule has 82 valence electrons. The van der Waals surface area contributed by atoms with E-state index in [0.29, 0.717) is 16.3 Å². The van der Waals surface area contributed by atoms with Gasteiger partial charge in [0.15, 0.2) is 0 Å². The Morgan fingerprint density at radius 2 is 2.13 bits per heavy atom. The summed E-state index contributed by atoms with van der Waals surface area (Å²) in [6, 6.07) is 4.51. The maximum Gasteiger partial charge on any atom is 0.369 e. The number of carbonyl (C=O) groups excluding carboxylic acids is 1. The number of halogens is 1. The van der Waals surface area contributed by atoms with E-state index in [0.717, 1.165) is 0 Å². The van der Waals surface area contributed by atoms with Crippen molar-refractivity contribution in [3.63, 3.8) is 0 Å². The quantitative estimate of drug-likeness (QED) is 0.782. The zero-order valence-electron chi connectivity index (χ0n) is 8.62.